The molecule has 0 saturated carbocycles. The molecule has 7 nitrogen and oxygen atoms in total. The zero-order valence-electron chi connectivity index (χ0n) is 19.2. The molecule has 0 unspecified atom stereocenters. The van der Waals surface area contributed by atoms with E-state index < -0.39 is 0 Å². The smallest absolute Gasteiger partial charge is 0.225 e. The number of hydrogen-bond acceptors (Lipinski definition) is 5. The van der Waals surface area contributed by atoms with E-state index in [4.69, 9.17) is 4.74 Å². The van der Waals surface area contributed by atoms with Gasteiger partial charge in [0.15, 0.2) is 0 Å². The van der Waals surface area contributed by atoms with Crippen LogP contribution in [-0.4, -0.2) is 54.5 Å². The summed E-state index contributed by atoms with van der Waals surface area (Å²) < 4.78 is 5.63. The van der Waals surface area contributed by atoms with Crippen molar-refractivity contribution >= 4 is 17.6 Å². The van der Waals surface area contributed by atoms with E-state index in [1.807, 2.05) is 47.5 Å². The second-order valence-electron chi connectivity index (χ2n) is 8.82. The molecule has 0 aliphatic carbocycles. The van der Waals surface area contributed by atoms with Crippen LogP contribution in [0.5, 0.6) is 5.75 Å². The van der Waals surface area contributed by atoms with Gasteiger partial charge in [-0.3, -0.25) is 9.59 Å². The lowest BCUT2D eigenvalue weighted by Crippen LogP contribution is -2.43. The van der Waals surface area contributed by atoms with Gasteiger partial charge in [-0.2, -0.15) is 0 Å². The van der Waals surface area contributed by atoms with E-state index in [2.05, 4.69) is 21.3 Å². The summed E-state index contributed by atoms with van der Waals surface area (Å²) in [5, 5.41) is 3.12. The van der Waals surface area contributed by atoms with Crippen molar-refractivity contribution < 1.29 is 14.3 Å². The molecule has 0 spiro atoms. The van der Waals surface area contributed by atoms with Crippen LogP contribution >= 0.6 is 0 Å². The SMILES string of the molecule is O=C(NCc1cccnc1N1CCCCC1)C1CCN(C(=O)CCOc2ccccc2)CC1. The first-order chi connectivity index (χ1) is 16.2. The largest absolute Gasteiger partial charge is 0.493 e. The van der Waals surface area contributed by atoms with Gasteiger partial charge in [-0.1, -0.05) is 24.3 Å². The van der Waals surface area contributed by atoms with Crippen LogP contribution in [0.4, 0.5) is 5.82 Å². The molecular formula is C26H34N4O3. The average molecular weight is 451 g/mol. The minimum atomic E-state index is -0.0512. The summed E-state index contributed by atoms with van der Waals surface area (Å²) in [6.07, 6.45) is 7.23. The third-order valence-corrected chi connectivity index (χ3v) is 6.52. The number of nitrogens with zero attached hydrogens (tertiary/aromatic N) is 3. The van der Waals surface area contributed by atoms with E-state index >= 15 is 0 Å². The van der Waals surface area contributed by atoms with Crippen molar-refractivity contribution in [3.8, 4) is 5.75 Å². The lowest BCUT2D eigenvalue weighted by atomic mass is 9.95. The van der Waals surface area contributed by atoms with Gasteiger partial charge in [-0.15, -0.1) is 0 Å². The van der Waals surface area contributed by atoms with E-state index in [0.717, 1.165) is 30.2 Å². The second-order valence-corrected chi connectivity index (χ2v) is 8.82. The quantitative estimate of drug-likeness (QED) is 0.667. The van der Waals surface area contributed by atoms with Crippen molar-refractivity contribution in [3.63, 3.8) is 0 Å². The van der Waals surface area contributed by atoms with E-state index in [1.54, 1.807) is 0 Å². The monoisotopic (exact) mass is 450 g/mol. The molecule has 7 heteroatoms. The van der Waals surface area contributed by atoms with E-state index in [-0.39, 0.29) is 17.7 Å². The maximum absolute atomic E-state index is 12.8. The van der Waals surface area contributed by atoms with Crippen LogP contribution in [0, 0.1) is 5.92 Å². The van der Waals surface area contributed by atoms with Crippen molar-refractivity contribution in [2.24, 2.45) is 5.92 Å². The molecule has 33 heavy (non-hydrogen) atoms. The van der Waals surface area contributed by atoms with E-state index in [9.17, 15) is 9.59 Å². The van der Waals surface area contributed by atoms with Crippen LogP contribution in [0.25, 0.3) is 0 Å². The average Bonchev–Trinajstić information content (AvgIpc) is 2.88. The molecule has 0 radical (unpaired) electrons. The molecule has 2 aliphatic heterocycles. The maximum Gasteiger partial charge on any atom is 0.225 e. The fourth-order valence-corrected chi connectivity index (χ4v) is 4.61. The predicted molar refractivity (Wildman–Crippen MR) is 128 cm³/mol. The fraction of sp³-hybridized carbons (Fsp3) is 0.500. The summed E-state index contributed by atoms with van der Waals surface area (Å²) in [5.41, 5.74) is 1.07. The number of pyridine rings is 1. The Balaban J connectivity index is 1.19. The molecule has 2 aliphatic rings. The van der Waals surface area contributed by atoms with Crippen LogP contribution in [-0.2, 0) is 16.1 Å². The minimum absolute atomic E-state index is 0.0512. The molecule has 2 fully saturated rings. The van der Waals surface area contributed by atoms with Crippen LogP contribution in [0.2, 0.25) is 0 Å². The van der Waals surface area contributed by atoms with Gasteiger partial charge in [0.1, 0.15) is 11.6 Å². The number of para-hydroxylation sites is 1. The number of aromatic nitrogens is 1. The number of anilines is 1. The van der Waals surface area contributed by atoms with Gasteiger partial charge in [0, 0.05) is 50.4 Å². The summed E-state index contributed by atoms with van der Waals surface area (Å²) in [4.78, 5) is 34.1. The zero-order chi connectivity index (χ0) is 22.9. The zero-order valence-corrected chi connectivity index (χ0v) is 19.2. The van der Waals surface area contributed by atoms with Gasteiger partial charge in [0.2, 0.25) is 11.8 Å². The standard InChI is InChI=1S/C26H34N4O3/c31-24(13-19-33-23-9-3-1-4-10-23)29-17-11-21(12-18-29)26(32)28-20-22-8-7-14-27-25(22)30-15-5-2-6-16-30/h1,3-4,7-10,14,21H,2,5-6,11-13,15-20H2,(H,28,32). The molecule has 1 aromatic carbocycles. The number of likely N-dealkylation sites (tertiary alicyclic amines) is 1. The normalized spacial score (nSPS) is 17.0. The Morgan fingerprint density at radius 1 is 0.970 bits per heavy atom. The lowest BCUT2D eigenvalue weighted by Gasteiger charge is -2.32. The van der Waals surface area contributed by atoms with Crippen LogP contribution in [0.1, 0.15) is 44.1 Å². The van der Waals surface area contributed by atoms with Gasteiger partial charge >= 0.3 is 0 Å². The van der Waals surface area contributed by atoms with Gasteiger partial charge < -0.3 is 19.9 Å². The Labute approximate surface area is 196 Å². The minimum Gasteiger partial charge on any atom is -0.493 e. The van der Waals surface area contributed by atoms with E-state index in [1.165, 1.54) is 19.3 Å². The highest BCUT2D eigenvalue weighted by Gasteiger charge is 2.27. The summed E-state index contributed by atoms with van der Waals surface area (Å²) in [5.74, 6) is 1.88. The topological polar surface area (TPSA) is 74.8 Å². The molecule has 2 aromatic rings. The summed E-state index contributed by atoms with van der Waals surface area (Å²) in [6.45, 7) is 4.16. The third kappa shape index (κ3) is 6.46. The second kappa shape index (κ2) is 11.7. The first-order valence-corrected chi connectivity index (χ1v) is 12.1. The maximum atomic E-state index is 12.8. The predicted octanol–water partition coefficient (Wildman–Crippen LogP) is 3.40. The first-order valence-electron chi connectivity index (χ1n) is 12.1. The van der Waals surface area contributed by atoms with Crippen molar-refractivity contribution in [1.82, 2.24) is 15.2 Å². The molecule has 2 saturated heterocycles. The number of amides is 2. The van der Waals surface area contributed by atoms with Gasteiger partial charge in [0.05, 0.1) is 13.0 Å². The molecule has 3 heterocycles. The molecule has 0 bridgehead atoms. The Morgan fingerprint density at radius 2 is 1.73 bits per heavy atom. The highest BCUT2D eigenvalue weighted by Crippen LogP contribution is 2.22. The lowest BCUT2D eigenvalue weighted by molar-refractivity contribution is -0.136. The first kappa shape index (κ1) is 23.1. The highest BCUT2D eigenvalue weighted by molar-refractivity contribution is 5.80. The molecule has 4 rings (SSSR count). The van der Waals surface area contributed by atoms with E-state index in [0.29, 0.717) is 45.5 Å². The Hall–Kier alpha value is -3.09. The van der Waals surface area contributed by atoms with Crippen molar-refractivity contribution in [1.29, 1.82) is 0 Å². The molecular weight excluding hydrogens is 416 g/mol. The highest BCUT2D eigenvalue weighted by atomic mass is 16.5. The van der Waals surface area contributed by atoms with Crippen LogP contribution < -0.4 is 15.0 Å². The molecule has 0 atom stereocenters. The number of piperidine rings is 2. The third-order valence-electron chi connectivity index (χ3n) is 6.52. The molecule has 176 valence electrons. The number of carbonyl (C=O) groups excluding carboxylic acids is 2. The number of benzene rings is 1. The van der Waals surface area contributed by atoms with Crippen LogP contribution in [0.3, 0.4) is 0 Å². The Bertz CT molecular complexity index is 907. The molecule has 1 aromatic heterocycles. The molecule has 2 amide bonds. The number of nitrogens with one attached hydrogen (secondary N) is 1. The summed E-state index contributed by atoms with van der Waals surface area (Å²) in [6, 6.07) is 13.5. The number of ether oxygens (including phenoxy) is 1. The number of carbonyl (C=O) groups is 2. The molecule has 1 N–H and O–H groups in total. The van der Waals surface area contributed by atoms with Crippen LogP contribution in [0.15, 0.2) is 48.7 Å². The number of rotatable bonds is 8. The van der Waals surface area contributed by atoms with Gasteiger partial charge in [0.25, 0.3) is 0 Å². The summed E-state index contributed by atoms with van der Waals surface area (Å²) >= 11 is 0. The van der Waals surface area contributed by atoms with Crippen molar-refractivity contribution in [2.75, 3.05) is 37.7 Å². The van der Waals surface area contributed by atoms with Crippen molar-refractivity contribution in [2.45, 2.75) is 45.1 Å². The fourth-order valence-electron chi connectivity index (χ4n) is 4.61. The Morgan fingerprint density at radius 3 is 2.48 bits per heavy atom. The summed E-state index contributed by atoms with van der Waals surface area (Å²) in [7, 11) is 0. The number of hydrogen-bond donors (Lipinski definition) is 1. The van der Waals surface area contributed by atoms with Gasteiger partial charge in [-0.25, -0.2) is 4.98 Å². The Kier molecular flexibility index (Phi) is 8.17. The van der Waals surface area contributed by atoms with Gasteiger partial charge in [-0.05, 0) is 50.3 Å². The van der Waals surface area contributed by atoms with Crippen molar-refractivity contribution in [3.05, 3.63) is 54.2 Å².